The van der Waals surface area contributed by atoms with Gasteiger partial charge in [-0.1, -0.05) is 62.4 Å². The molecule has 2 aromatic carbocycles. The van der Waals surface area contributed by atoms with E-state index in [9.17, 15) is 4.79 Å². The zero-order chi connectivity index (χ0) is 17.2. The molecule has 1 amide bonds. The van der Waals surface area contributed by atoms with Gasteiger partial charge in [0.25, 0.3) is 0 Å². The van der Waals surface area contributed by atoms with Crippen LogP contribution in [0.5, 0.6) is 0 Å². The number of anilines is 1. The first kappa shape index (κ1) is 18.1. The van der Waals surface area contributed by atoms with Crippen molar-refractivity contribution in [2.45, 2.75) is 39.5 Å². The Morgan fingerprint density at radius 2 is 1.58 bits per heavy atom. The van der Waals surface area contributed by atoms with Crippen LogP contribution in [-0.4, -0.2) is 19.0 Å². The van der Waals surface area contributed by atoms with Crippen LogP contribution in [0.15, 0.2) is 48.5 Å². The fourth-order valence-corrected chi connectivity index (χ4v) is 2.87. The maximum atomic E-state index is 12.1. The van der Waals surface area contributed by atoms with Crippen LogP contribution in [0.25, 0.3) is 0 Å². The highest BCUT2D eigenvalue weighted by atomic mass is 16.1. The lowest BCUT2D eigenvalue weighted by Gasteiger charge is -2.15. The molecule has 3 nitrogen and oxygen atoms in total. The van der Waals surface area contributed by atoms with Gasteiger partial charge < -0.3 is 10.6 Å². The van der Waals surface area contributed by atoms with Gasteiger partial charge in [-0.2, -0.15) is 0 Å². The zero-order valence-corrected chi connectivity index (χ0v) is 14.8. The van der Waals surface area contributed by atoms with Gasteiger partial charge >= 0.3 is 0 Å². The number of nitrogens with one attached hydrogen (secondary N) is 2. The van der Waals surface area contributed by atoms with E-state index in [1.54, 1.807) is 0 Å². The van der Waals surface area contributed by atoms with Gasteiger partial charge in [0, 0.05) is 12.2 Å². The molecule has 0 spiro atoms. The van der Waals surface area contributed by atoms with E-state index in [0.29, 0.717) is 13.1 Å². The van der Waals surface area contributed by atoms with Crippen LogP contribution in [0.2, 0.25) is 0 Å². The predicted molar refractivity (Wildman–Crippen MR) is 101 cm³/mol. The van der Waals surface area contributed by atoms with E-state index in [4.69, 9.17) is 0 Å². The van der Waals surface area contributed by atoms with Crippen molar-refractivity contribution >= 4 is 11.6 Å². The van der Waals surface area contributed by atoms with E-state index in [1.165, 1.54) is 16.7 Å². The van der Waals surface area contributed by atoms with Gasteiger partial charge in [0.05, 0.1) is 6.54 Å². The maximum Gasteiger partial charge on any atom is 0.239 e. The van der Waals surface area contributed by atoms with E-state index >= 15 is 0 Å². The molecule has 128 valence electrons. The van der Waals surface area contributed by atoms with E-state index < -0.39 is 0 Å². The molecular formula is C21H28N2O. The van der Waals surface area contributed by atoms with Gasteiger partial charge in [-0.05, 0) is 42.4 Å². The first-order valence-electron chi connectivity index (χ1n) is 8.89. The third kappa shape index (κ3) is 5.41. The molecule has 0 radical (unpaired) electrons. The van der Waals surface area contributed by atoms with Crippen molar-refractivity contribution in [2.24, 2.45) is 0 Å². The van der Waals surface area contributed by atoms with Crippen LogP contribution in [0.3, 0.4) is 0 Å². The molecule has 0 bridgehead atoms. The lowest BCUT2D eigenvalue weighted by molar-refractivity contribution is -0.119. The molecule has 2 aromatic rings. The van der Waals surface area contributed by atoms with Crippen LogP contribution in [-0.2, 0) is 24.1 Å². The number of aryl methyl sites for hydroxylation is 3. The molecule has 0 aliphatic heterocycles. The molecular weight excluding hydrogens is 296 g/mol. The van der Waals surface area contributed by atoms with Gasteiger partial charge in [-0.3, -0.25) is 4.79 Å². The molecule has 0 saturated heterocycles. The first-order valence-corrected chi connectivity index (χ1v) is 8.89. The number of carbonyl (C=O) groups excluding carboxylic acids is 1. The monoisotopic (exact) mass is 324 g/mol. The molecule has 0 heterocycles. The summed E-state index contributed by atoms with van der Waals surface area (Å²) in [5, 5.41) is 6.33. The number of benzene rings is 2. The number of amides is 1. The Kier molecular flexibility index (Phi) is 7.34. The van der Waals surface area contributed by atoms with Crippen molar-refractivity contribution in [1.29, 1.82) is 0 Å². The van der Waals surface area contributed by atoms with Gasteiger partial charge in [0.15, 0.2) is 0 Å². The molecule has 3 heteroatoms. The summed E-state index contributed by atoms with van der Waals surface area (Å²) in [4.78, 5) is 12.1. The Hall–Kier alpha value is -2.29. The summed E-state index contributed by atoms with van der Waals surface area (Å²) < 4.78 is 0. The number of hydrogen-bond acceptors (Lipinski definition) is 2. The summed E-state index contributed by atoms with van der Waals surface area (Å²) in [6, 6.07) is 16.7. The van der Waals surface area contributed by atoms with Crippen molar-refractivity contribution in [1.82, 2.24) is 5.32 Å². The molecule has 0 aliphatic carbocycles. The summed E-state index contributed by atoms with van der Waals surface area (Å²) in [7, 11) is 0. The van der Waals surface area contributed by atoms with Crippen molar-refractivity contribution in [2.75, 3.05) is 18.4 Å². The molecule has 24 heavy (non-hydrogen) atoms. The lowest BCUT2D eigenvalue weighted by Crippen LogP contribution is -2.31. The maximum absolute atomic E-state index is 12.1. The number of carbonyl (C=O) groups is 1. The molecule has 2 rings (SSSR count). The average Bonchev–Trinajstić information content (AvgIpc) is 2.64. The lowest BCUT2D eigenvalue weighted by atomic mass is 10.0. The van der Waals surface area contributed by atoms with Crippen LogP contribution in [0.1, 0.15) is 37.0 Å². The highest BCUT2D eigenvalue weighted by molar-refractivity contribution is 5.81. The fraction of sp³-hybridized carbons (Fsp3) is 0.381. The highest BCUT2D eigenvalue weighted by Crippen LogP contribution is 2.22. The summed E-state index contributed by atoms with van der Waals surface area (Å²) in [5.41, 5.74) is 4.98. The second kappa shape index (κ2) is 9.76. The van der Waals surface area contributed by atoms with Crippen molar-refractivity contribution < 1.29 is 4.79 Å². The third-order valence-electron chi connectivity index (χ3n) is 4.23. The highest BCUT2D eigenvalue weighted by Gasteiger charge is 2.07. The van der Waals surface area contributed by atoms with Gasteiger partial charge in [0.1, 0.15) is 0 Å². The van der Waals surface area contributed by atoms with Gasteiger partial charge in [0.2, 0.25) is 5.91 Å². The second-order valence-corrected chi connectivity index (χ2v) is 5.95. The van der Waals surface area contributed by atoms with Crippen molar-refractivity contribution in [3.05, 3.63) is 65.2 Å². The standard InChI is InChI=1S/C21H28N2O/c1-3-18-13-8-14-19(4-2)21(18)23-16-20(24)22-15-9-12-17-10-6-5-7-11-17/h5-8,10-11,13-14,23H,3-4,9,12,15-16H2,1-2H3,(H,22,24). The molecule has 0 aliphatic rings. The van der Waals surface area contributed by atoms with Crippen LogP contribution in [0.4, 0.5) is 5.69 Å². The van der Waals surface area contributed by atoms with Crippen molar-refractivity contribution in [3.63, 3.8) is 0 Å². The molecule has 0 unspecified atom stereocenters. The molecule has 0 saturated carbocycles. The fourth-order valence-electron chi connectivity index (χ4n) is 2.87. The number of hydrogen-bond donors (Lipinski definition) is 2. The summed E-state index contributed by atoms with van der Waals surface area (Å²) in [5.74, 6) is 0.0519. The van der Waals surface area contributed by atoms with Gasteiger partial charge in [-0.15, -0.1) is 0 Å². The topological polar surface area (TPSA) is 41.1 Å². The molecule has 2 N–H and O–H groups in total. The van der Waals surface area contributed by atoms with Crippen LogP contribution < -0.4 is 10.6 Å². The van der Waals surface area contributed by atoms with Gasteiger partial charge in [-0.25, -0.2) is 0 Å². The second-order valence-electron chi connectivity index (χ2n) is 5.95. The van der Waals surface area contributed by atoms with E-state index in [-0.39, 0.29) is 5.91 Å². The van der Waals surface area contributed by atoms with E-state index in [1.807, 2.05) is 18.2 Å². The third-order valence-corrected chi connectivity index (χ3v) is 4.23. The average molecular weight is 324 g/mol. The Morgan fingerprint density at radius 1 is 0.917 bits per heavy atom. The van der Waals surface area contributed by atoms with Crippen LogP contribution >= 0.6 is 0 Å². The Labute approximate surface area is 145 Å². The smallest absolute Gasteiger partial charge is 0.239 e. The summed E-state index contributed by atoms with van der Waals surface area (Å²) in [6.45, 7) is 5.33. The Morgan fingerprint density at radius 3 is 2.21 bits per heavy atom. The largest absolute Gasteiger partial charge is 0.376 e. The van der Waals surface area contributed by atoms with E-state index in [2.05, 4.69) is 54.8 Å². The van der Waals surface area contributed by atoms with E-state index in [0.717, 1.165) is 31.4 Å². The summed E-state index contributed by atoms with van der Waals surface area (Å²) in [6.07, 6.45) is 3.89. The quantitative estimate of drug-likeness (QED) is 0.685. The minimum Gasteiger partial charge on any atom is -0.376 e. The zero-order valence-electron chi connectivity index (χ0n) is 14.8. The van der Waals surface area contributed by atoms with Crippen molar-refractivity contribution in [3.8, 4) is 0 Å². The minimum atomic E-state index is 0.0519. The summed E-state index contributed by atoms with van der Waals surface area (Å²) >= 11 is 0. The Bertz CT molecular complexity index is 615. The number of rotatable bonds is 9. The van der Waals surface area contributed by atoms with Crippen LogP contribution in [0, 0.1) is 0 Å². The number of para-hydroxylation sites is 1. The minimum absolute atomic E-state index is 0.0519. The SMILES string of the molecule is CCc1cccc(CC)c1NCC(=O)NCCCc1ccccc1. The molecule has 0 fully saturated rings. The molecule has 0 aromatic heterocycles. The predicted octanol–water partition coefficient (Wildman–Crippen LogP) is 3.97. The molecule has 0 atom stereocenters. The normalized spacial score (nSPS) is 10.4. The first-order chi connectivity index (χ1) is 11.7. The Balaban J connectivity index is 1.75.